The summed E-state index contributed by atoms with van der Waals surface area (Å²) in [6.07, 6.45) is 0.144. The number of thioether (sulfide) groups is 1. The van der Waals surface area contributed by atoms with Gasteiger partial charge in [-0.3, -0.25) is 9.59 Å². The lowest BCUT2D eigenvalue weighted by Gasteiger charge is -2.19. The fraction of sp³-hybridized carbons (Fsp3) is 0.471. The first-order valence-corrected chi connectivity index (χ1v) is 8.74. The molecule has 0 bridgehead atoms. The Morgan fingerprint density at radius 1 is 1.26 bits per heavy atom. The summed E-state index contributed by atoms with van der Waals surface area (Å²) in [4.78, 5) is 30.4. The van der Waals surface area contributed by atoms with Crippen molar-refractivity contribution in [1.29, 1.82) is 0 Å². The standard InChI is InChI=1S/C17H23N3O2S/c1-5-20(6-2)17-19-16(22)13(23-17)10-14(21)18-15-11(3)8-7-9-12(15)4/h7-9,13H,5-6,10H2,1-4H3,(H,18,21)/t13-/m0/s1. The fourth-order valence-electron chi connectivity index (χ4n) is 2.51. The number of para-hydroxylation sites is 1. The van der Waals surface area contributed by atoms with Crippen LogP contribution in [0.5, 0.6) is 0 Å². The largest absolute Gasteiger partial charge is 0.352 e. The average molecular weight is 333 g/mol. The van der Waals surface area contributed by atoms with Gasteiger partial charge in [0.05, 0.1) is 0 Å². The first-order chi connectivity index (χ1) is 11.0. The van der Waals surface area contributed by atoms with Crippen LogP contribution in [0, 0.1) is 13.8 Å². The van der Waals surface area contributed by atoms with Gasteiger partial charge in [-0.1, -0.05) is 30.0 Å². The molecular formula is C17H23N3O2S. The Morgan fingerprint density at radius 2 is 1.87 bits per heavy atom. The summed E-state index contributed by atoms with van der Waals surface area (Å²) in [6, 6.07) is 5.88. The smallest absolute Gasteiger partial charge is 0.262 e. The number of amidine groups is 1. The fourth-order valence-corrected chi connectivity index (χ4v) is 3.70. The summed E-state index contributed by atoms with van der Waals surface area (Å²) in [5.74, 6) is -0.363. The van der Waals surface area contributed by atoms with Crippen molar-refractivity contribution >= 4 is 34.4 Å². The van der Waals surface area contributed by atoms with Gasteiger partial charge < -0.3 is 10.2 Å². The van der Waals surface area contributed by atoms with Gasteiger partial charge >= 0.3 is 0 Å². The predicted molar refractivity (Wildman–Crippen MR) is 95.9 cm³/mol. The molecule has 1 atom stereocenters. The third kappa shape index (κ3) is 4.13. The highest BCUT2D eigenvalue weighted by Gasteiger charge is 2.32. The highest BCUT2D eigenvalue weighted by atomic mass is 32.2. The minimum absolute atomic E-state index is 0.144. The molecule has 2 amide bonds. The lowest BCUT2D eigenvalue weighted by molar-refractivity contribution is -0.121. The van der Waals surface area contributed by atoms with Crippen molar-refractivity contribution in [2.75, 3.05) is 18.4 Å². The van der Waals surface area contributed by atoms with E-state index in [9.17, 15) is 9.59 Å². The second-order valence-electron chi connectivity index (χ2n) is 5.53. The van der Waals surface area contributed by atoms with Gasteiger partial charge in [-0.25, -0.2) is 0 Å². The molecule has 5 nitrogen and oxygen atoms in total. The number of hydrogen-bond donors (Lipinski definition) is 1. The van der Waals surface area contributed by atoms with Gasteiger partial charge in [-0.15, -0.1) is 0 Å². The molecule has 124 valence electrons. The number of nitrogens with zero attached hydrogens (tertiary/aromatic N) is 2. The van der Waals surface area contributed by atoms with Crippen molar-refractivity contribution in [1.82, 2.24) is 4.90 Å². The number of rotatable bonds is 5. The number of aliphatic imine (C=N–C) groups is 1. The second-order valence-corrected chi connectivity index (χ2v) is 6.70. The Hall–Kier alpha value is -1.82. The molecule has 1 aliphatic heterocycles. The minimum atomic E-state index is -0.421. The van der Waals surface area contributed by atoms with Crippen molar-refractivity contribution in [3.05, 3.63) is 29.3 Å². The topological polar surface area (TPSA) is 61.8 Å². The molecule has 1 aromatic rings. The minimum Gasteiger partial charge on any atom is -0.352 e. The summed E-state index contributed by atoms with van der Waals surface area (Å²) in [6.45, 7) is 9.57. The first-order valence-electron chi connectivity index (χ1n) is 7.86. The molecule has 6 heteroatoms. The number of nitrogens with one attached hydrogen (secondary N) is 1. The number of aryl methyl sites for hydroxylation is 2. The molecule has 1 aromatic carbocycles. The molecule has 0 spiro atoms. The van der Waals surface area contributed by atoms with Gasteiger partial charge in [-0.05, 0) is 38.8 Å². The van der Waals surface area contributed by atoms with E-state index in [-0.39, 0.29) is 18.2 Å². The van der Waals surface area contributed by atoms with Gasteiger partial charge in [0.1, 0.15) is 5.25 Å². The molecule has 0 aromatic heterocycles. The number of anilines is 1. The Balaban J connectivity index is 1.98. The number of carbonyl (C=O) groups excluding carboxylic acids is 2. The summed E-state index contributed by atoms with van der Waals surface area (Å²) in [7, 11) is 0. The summed E-state index contributed by atoms with van der Waals surface area (Å²) in [5, 5.41) is 3.23. The van der Waals surface area contributed by atoms with Crippen molar-refractivity contribution in [2.45, 2.75) is 39.4 Å². The molecule has 0 radical (unpaired) electrons. The lowest BCUT2D eigenvalue weighted by Crippen LogP contribution is -2.28. The van der Waals surface area contributed by atoms with E-state index < -0.39 is 5.25 Å². The van der Waals surface area contributed by atoms with E-state index in [1.165, 1.54) is 11.8 Å². The molecule has 1 N–H and O–H groups in total. The van der Waals surface area contributed by atoms with Gasteiger partial charge in [0.25, 0.3) is 5.91 Å². The number of carbonyl (C=O) groups is 2. The van der Waals surface area contributed by atoms with E-state index >= 15 is 0 Å². The van der Waals surface area contributed by atoms with Crippen LogP contribution >= 0.6 is 11.8 Å². The van der Waals surface area contributed by atoms with Crippen LogP contribution < -0.4 is 5.32 Å². The molecule has 0 unspecified atom stereocenters. The number of benzene rings is 1. The number of hydrogen-bond acceptors (Lipinski definition) is 4. The first kappa shape index (κ1) is 17.5. The Bertz CT molecular complexity index is 618. The van der Waals surface area contributed by atoms with E-state index in [0.717, 1.165) is 35.1 Å². The van der Waals surface area contributed by atoms with Crippen LogP contribution in [-0.4, -0.2) is 40.2 Å². The third-order valence-electron chi connectivity index (χ3n) is 3.88. The average Bonchev–Trinajstić information content (AvgIpc) is 2.85. The molecule has 1 aliphatic rings. The molecule has 1 heterocycles. The summed E-state index contributed by atoms with van der Waals surface area (Å²) in [5.41, 5.74) is 2.87. The second kappa shape index (κ2) is 7.64. The maximum atomic E-state index is 12.3. The van der Waals surface area contributed by atoms with Crippen molar-refractivity contribution in [2.24, 2.45) is 4.99 Å². The van der Waals surface area contributed by atoms with Crippen molar-refractivity contribution < 1.29 is 9.59 Å². The van der Waals surface area contributed by atoms with Crippen LogP contribution in [0.25, 0.3) is 0 Å². The van der Waals surface area contributed by atoms with Crippen LogP contribution in [0.3, 0.4) is 0 Å². The summed E-state index contributed by atoms with van der Waals surface area (Å²) >= 11 is 1.39. The van der Waals surface area contributed by atoms with Gasteiger partial charge in [0.15, 0.2) is 5.17 Å². The highest BCUT2D eigenvalue weighted by Crippen LogP contribution is 2.28. The third-order valence-corrected chi connectivity index (χ3v) is 5.09. The molecule has 0 fully saturated rings. The monoisotopic (exact) mass is 333 g/mol. The van der Waals surface area contributed by atoms with Crippen LogP contribution in [0.1, 0.15) is 31.4 Å². The normalized spacial score (nSPS) is 17.1. The zero-order valence-corrected chi connectivity index (χ0v) is 14.9. The summed E-state index contributed by atoms with van der Waals surface area (Å²) < 4.78 is 0. The Morgan fingerprint density at radius 3 is 2.43 bits per heavy atom. The molecular weight excluding hydrogens is 310 g/mol. The predicted octanol–water partition coefficient (Wildman–Crippen LogP) is 2.97. The van der Waals surface area contributed by atoms with E-state index in [1.54, 1.807) is 0 Å². The van der Waals surface area contributed by atoms with Crippen LogP contribution in [-0.2, 0) is 9.59 Å². The maximum Gasteiger partial charge on any atom is 0.262 e. The molecule has 2 rings (SSSR count). The zero-order chi connectivity index (χ0) is 17.0. The quantitative estimate of drug-likeness (QED) is 0.900. The number of amides is 2. The van der Waals surface area contributed by atoms with Crippen molar-refractivity contribution in [3.8, 4) is 0 Å². The van der Waals surface area contributed by atoms with Crippen LogP contribution in [0.2, 0.25) is 0 Å². The van der Waals surface area contributed by atoms with Gasteiger partial charge in [0, 0.05) is 25.2 Å². The van der Waals surface area contributed by atoms with Crippen molar-refractivity contribution in [3.63, 3.8) is 0 Å². The van der Waals surface area contributed by atoms with Crippen LogP contribution in [0.4, 0.5) is 5.69 Å². The van der Waals surface area contributed by atoms with E-state index in [1.807, 2.05) is 50.8 Å². The molecule has 0 aliphatic carbocycles. The van der Waals surface area contributed by atoms with E-state index in [4.69, 9.17) is 0 Å². The SMILES string of the molecule is CCN(CC)C1=NC(=O)[C@H](CC(=O)Nc2c(C)cccc2C)S1. The molecule has 0 saturated carbocycles. The zero-order valence-electron chi connectivity index (χ0n) is 14.0. The molecule has 0 saturated heterocycles. The van der Waals surface area contributed by atoms with E-state index in [2.05, 4.69) is 10.3 Å². The van der Waals surface area contributed by atoms with Crippen LogP contribution in [0.15, 0.2) is 23.2 Å². The Labute approximate surface area is 141 Å². The Kier molecular flexibility index (Phi) is 5.82. The highest BCUT2D eigenvalue weighted by molar-refractivity contribution is 8.15. The van der Waals surface area contributed by atoms with Gasteiger partial charge in [-0.2, -0.15) is 4.99 Å². The van der Waals surface area contributed by atoms with Gasteiger partial charge in [0.2, 0.25) is 5.91 Å². The maximum absolute atomic E-state index is 12.3. The lowest BCUT2D eigenvalue weighted by atomic mass is 10.1. The molecule has 23 heavy (non-hydrogen) atoms. The van der Waals surface area contributed by atoms with E-state index in [0.29, 0.717) is 0 Å².